The first kappa shape index (κ1) is 17.5. The van der Waals surface area contributed by atoms with Gasteiger partial charge in [0.25, 0.3) is 0 Å². The summed E-state index contributed by atoms with van der Waals surface area (Å²) in [5, 5.41) is 3.36. The molecule has 1 aliphatic heterocycles. The Kier molecular flexibility index (Phi) is 6.75. The minimum absolute atomic E-state index is 0.583. The Morgan fingerprint density at radius 3 is 2.54 bits per heavy atom. The first-order valence-corrected chi connectivity index (χ1v) is 9.78. The Hall–Kier alpha value is -1.30. The van der Waals surface area contributed by atoms with Crippen LogP contribution in [0.3, 0.4) is 0 Å². The molecule has 0 aliphatic carbocycles. The standard InChI is InChI=1S/C18H24ClN3OS/c19-18-21-14-17(24-18)13-20-15-5-7-16(8-6-15)23-12-11-22-9-3-1-2-4-10-22/h5-8,14,20H,1-4,9-13H2. The molecule has 0 amide bonds. The van der Waals surface area contributed by atoms with Crippen molar-refractivity contribution in [3.63, 3.8) is 0 Å². The van der Waals surface area contributed by atoms with E-state index in [9.17, 15) is 0 Å². The number of anilines is 1. The second kappa shape index (κ2) is 9.25. The van der Waals surface area contributed by atoms with Crippen LogP contribution in [0.15, 0.2) is 30.5 Å². The van der Waals surface area contributed by atoms with Gasteiger partial charge in [0.1, 0.15) is 12.4 Å². The van der Waals surface area contributed by atoms with Crippen molar-refractivity contribution in [3.8, 4) is 5.75 Å². The highest BCUT2D eigenvalue weighted by Gasteiger charge is 2.08. The van der Waals surface area contributed by atoms with Crippen LogP contribution in [0, 0.1) is 0 Å². The molecule has 1 aromatic carbocycles. The summed E-state index contributed by atoms with van der Waals surface area (Å²) in [6, 6.07) is 8.13. The third-order valence-corrected chi connectivity index (χ3v) is 5.34. The lowest BCUT2D eigenvalue weighted by molar-refractivity contribution is 0.214. The molecule has 1 aromatic heterocycles. The Morgan fingerprint density at radius 2 is 1.88 bits per heavy atom. The van der Waals surface area contributed by atoms with Gasteiger partial charge in [-0.05, 0) is 50.2 Å². The molecule has 4 nitrogen and oxygen atoms in total. The van der Waals surface area contributed by atoms with Crippen LogP contribution in [0.4, 0.5) is 5.69 Å². The lowest BCUT2D eigenvalue weighted by Gasteiger charge is -2.19. The van der Waals surface area contributed by atoms with Crippen LogP contribution >= 0.6 is 22.9 Å². The molecule has 130 valence electrons. The molecule has 0 atom stereocenters. The SMILES string of the molecule is Clc1ncc(CNc2ccc(OCCN3CCCCCC3)cc2)s1. The predicted molar refractivity (Wildman–Crippen MR) is 101 cm³/mol. The maximum Gasteiger partial charge on any atom is 0.183 e. The summed E-state index contributed by atoms with van der Waals surface area (Å²) in [7, 11) is 0. The second-order valence-electron chi connectivity index (χ2n) is 6.06. The van der Waals surface area contributed by atoms with Gasteiger partial charge in [0, 0.05) is 23.3 Å². The van der Waals surface area contributed by atoms with E-state index in [2.05, 4.69) is 15.2 Å². The van der Waals surface area contributed by atoms with Crippen molar-refractivity contribution in [2.45, 2.75) is 32.2 Å². The molecule has 1 fully saturated rings. The molecule has 1 aliphatic rings. The number of aromatic nitrogens is 1. The summed E-state index contributed by atoms with van der Waals surface area (Å²) in [6.45, 7) is 4.94. The molecule has 3 rings (SSSR count). The largest absolute Gasteiger partial charge is 0.492 e. The fourth-order valence-electron chi connectivity index (χ4n) is 2.88. The Labute approximate surface area is 152 Å². The molecule has 2 heterocycles. The summed E-state index contributed by atoms with van der Waals surface area (Å²) in [4.78, 5) is 7.68. The fraction of sp³-hybridized carbons (Fsp3) is 0.500. The van der Waals surface area contributed by atoms with Gasteiger partial charge < -0.3 is 10.1 Å². The molecule has 1 N–H and O–H groups in total. The zero-order valence-electron chi connectivity index (χ0n) is 13.8. The van der Waals surface area contributed by atoms with Gasteiger partial charge in [0.2, 0.25) is 0 Å². The van der Waals surface area contributed by atoms with E-state index in [1.807, 2.05) is 24.3 Å². The molecule has 2 aromatic rings. The smallest absolute Gasteiger partial charge is 0.183 e. The molecular formula is C18H24ClN3OS. The topological polar surface area (TPSA) is 37.4 Å². The quantitative estimate of drug-likeness (QED) is 0.774. The fourth-order valence-corrected chi connectivity index (χ4v) is 3.79. The number of halogens is 1. The minimum Gasteiger partial charge on any atom is -0.492 e. The van der Waals surface area contributed by atoms with Gasteiger partial charge in [0.15, 0.2) is 4.47 Å². The maximum atomic E-state index is 5.88. The summed E-state index contributed by atoms with van der Waals surface area (Å²) in [5.74, 6) is 0.927. The van der Waals surface area contributed by atoms with Gasteiger partial charge in [-0.15, -0.1) is 11.3 Å². The predicted octanol–water partition coefficient (Wildman–Crippen LogP) is 4.66. The maximum absolute atomic E-state index is 5.88. The van der Waals surface area contributed by atoms with Crippen LogP contribution in [0.5, 0.6) is 5.75 Å². The Bertz CT molecular complexity index is 609. The van der Waals surface area contributed by atoms with E-state index >= 15 is 0 Å². The molecule has 0 unspecified atom stereocenters. The first-order chi connectivity index (χ1) is 11.8. The van der Waals surface area contributed by atoms with Crippen molar-refractivity contribution >= 4 is 28.6 Å². The van der Waals surface area contributed by atoms with Gasteiger partial charge in [-0.3, -0.25) is 4.90 Å². The molecule has 1 saturated heterocycles. The van der Waals surface area contributed by atoms with Crippen LogP contribution in [0.1, 0.15) is 30.6 Å². The first-order valence-electron chi connectivity index (χ1n) is 8.59. The van der Waals surface area contributed by atoms with E-state index in [4.69, 9.17) is 16.3 Å². The molecule has 6 heteroatoms. The Balaban J connectivity index is 1.39. The van der Waals surface area contributed by atoms with Crippen LogP contribution in [0.2, 0.25) is 4.47 Å². The van der Waals surface area contributed by atoms with E-state index in [0.717, 1.165) is 36.0 Å². The van der Waals surface area contributed by atoms with E-state index in [1.54, 1.807) is 6.20 Å². The number of nitrogens with one attached hydrogen (secondary N) is 1. The number of benzene rings is 1. The van der Waals surface area contributed by atoms with Crippen molar-refractivity contribution in [2.24, 2.45) is 0 Å². The van der Waals surface area contributed by atoms with Crippen molar-refractivity contribution < 1.29 is 4.74 Å². The van der Waals surface area contributed by atoms with Crippen LogP contribution in [-0.2, 0) is 6.54 Å². The number of hydrogen-bond donors (Lipinski definition) is 1. The number of likely N-dealkylation sites (tertiary alicyclic amines) is 1. The number of rotatable bonds is 7. The van der Waals surface area contributed by atoms with E-state index in [-0.39, 0.29) is 0 Å². The van der Waals surface area contributed by atoms with Crippen LogP contribution < -0.4 is 10.1 Å². The number of nitrogens with zero attached hydrogens (tertiary/aromatic N) is 2. The van der Waals surface area contributed by atoms with E-state index < -0.39 is 0 Å². The van der Waals surface area contributed by atoms with E-state index in [1.165, 1.54) is 50.1 Å². The zero-order valence-corrected chi connectivity index (χ0v) is 15.4. The molecular weight excluding hydrogens is 342 g/mol. The summed E-state index contributed by atoms with van der Waals surface area (Å²) in [5.41, 5.74) is 1.07. The molecule has 0 radical (unpaired) electrons. The lowest BCUT2D eigenvalue weighted by atomic mass is 10.2. The van der Waals surface area contributed by atoms with Crippen LogP contribution in [0.25, 0.3) is 0 Å². The monoisotopic (exact) mass is 365 g/mol. The number of hydrogen-bond acceptors (Lipinski definition) is 5. The van der Waals surface area contributed by atoms with E-state index in [0.29, 0.717) is 4.47 Å². The summed E-state index contributed by atoms with van der Waals surface area (Å²) in [6.07, 6.45) is 7.20. The molecule has 0 saturated carbocycles. The Morgan fingerprint density at radius 1 is 1.12 bits per heavy atom. The second-order valence-corrected chi connectivity index (χ2v) is 7.76. The van der Waals surface area contributed by atoms with Crippen molar-refractivity contribution in [3.05, 3.63) is 39.8 Å². The lowest BCUT2D eigenvalue weighted by Crippen LogP contribution is -2.29. The van der Waals surface area contributed by atoms with Crippen molar-refractivity contribution in [1.82, 2.24) is 9.88 Å². The van der Waals surface area contributed by atoms with Gasteiger partial charge in [-0.1, -0.05) is 24.4 Å². The van der Waals surface area contributed by atoms with Crippen LogP contribution in [-0.4, -0.2) is 36.1 Å². The number of thiazole rings is 1. The summed E-state index contributed by atoms with van der Waals surface area (Å²) < 4.78 is 6.46. The highest BCUT2D eigenvalue weighted by atomic mass is 35.5. The van der Waals surface area contributed by atoms with Gasteiger partial charge in [-0.2, -0.15) is 0 Å². The average Bonchev–Trinajstić information content (AvgIpc) is 2.84. The van der Waals surface area contributed by atoms with Gasteiger partial charge in [0.05, 0.1) is 6.54 Å². The zero-order chi connectivity index (χ0) is 16.6. The van der Waals surface area contributed by atoms with Gasteiger partial charge in [-0.25, -0.2) is 4.98 Å². The highest BCUT2D eigenvalue weighted by Crippen LogP contribution is 2.20. The van der Waals surface area contributed by atoms with Crippen molar-refractivity contribution in [2.75, 3.05) is 31.6 Å². The normalized spacial score (nSPS) is 15.9. The molecule has 24 heavy (non-hydrogen) atoms. The third-order valence-electron chi connectivity index (χ3n) is 4.22. The average molecular weight is 366 g/mol. The third kappa shape index (κ3) is 5.65. The number of ether oxygens (including phenoxy) is 1. The minimum atomic E-state index is 0.583. The highest BCUT2D eigenvalue weighted by molar-refractivity contribution is 7.15. The van der Waals surface area contributed by atoms with Crippen molar-refractivity contribution in [1.29, 1.82) is 0 Å². The van der Waals surface area contributed by atoms with Gasteiger partial charge >= 0.3 is 0 Å². The molecule has 0 bridgehead atoms. The summed E-state index contributed by atoms with van der Waals surface area (Å²) >= 11 is 7.33. The molecule has 0 spiro atoms.